The molecular weight excluding hydrogens is 190 g/mol. The summed E-state index contributed by atoms with van der Waals surface area (Å²) in [6.45, 7) is 0.628. The maximum absolute atomic E-state index is 11.3. The Balaban J connectivity index is 1.92. The van der Waals surface area contributed by atoms with E-state index in [1.54, 1.807) is 0 Å². The number of esters is 1. The minimum absolute atomic E-state index is 0.103. The second kappa shape index (κ2) is 4.52. The Morgan fingerprint density at radius 2 is 2.27 bits per heavy atom. The summed E-state index contributed by atoms with van der Waals surface area (Å²) in [6.07, 6.45) is 5.94. The number of hydrogen-bond donors (Lipinski definition) is 1. The molecule has 2 N–H and O–H groups in total. The van der Waals surface area contributed by atoms with Gasteiger partial charge in [-0.1, -0.05) is 6.42 Å². The quantitative estimate of drug-likeness (QED) is 0.718. The van der Waals surface area contributed by atoms with Gasteiger partial charge in [0.1, 0.15) is 0 Å². The van der Waals surface area contributed by atoms with Gasteiger partial charge in [-0.2, -0.15) is 0 Å². The summed E-state index contributed by atoms with van der Waals surface area (Å²) in [5.41, 5.74) is 5.78. The van der Waals surface area contributed by atoms with Crippen LogP contribution in [-0.4, -0.2) is 19.6 Å². The highest BCUT2D eigenvalue weighted by atomic mass is 16.5. The van der Waals surface area contributed by atoms with E-state index >= 15 is 0 Å². The molecule has 0 aromatic carbocycles. The van der Waals surface area contributed by atoms with E-state index in [9.17, 15) is 4.79 Å². The first-order valence-corrected chi connectivity index (χ1v) is 6.01. The first-order chi connectivity index (χ1) is 7.24. The molecule has 0 aromatic heterocycles. The molecule has 0 spiro atoms. The largest absolute Gasteiger partial charge is 0.469 e. The first kappa shape index (κ1) is 10.9. The molecule has 2 aliphatic carbocycles. The highest BCUT2D eigenvalue weighted by Gasteiger charge is 2.42. The third-order valence-electron chi connectivity index (χ3n) is 4.36. The lowest BCUT2D eigenvalue weighted by Gasteiger charge is -2.28. The van der Waals surface area contributed by atoms with Crippen molar-refractivity contribution in [3.8, 4) is 0 Å². The zero-order valence-corrected chi connectivity index (χ0v) is 9.45. The minimum Gasteiger partial charge on any atom is -0.469 e. The standard InChI is InChI=1S/C12H21NO2/c1-15-12(14)6-10(7-13)11-5-8-2-3-9(11)4-8/h8-11H,2-7,13H2,1H3. The Labute approximate surface area is 91.4 Å². The molecule has 3 nitrogen and oxygen atoms in total. The fraction of sp³-hybridized carbons (Fsp3) is 0.917. The van der Waals surface area contributed by atoms with E-state index in [2.05, 4.69) is 0 Å². The van der Waals surface area contributed by atoms with Gasteiger partial charge in [0, 0.05) is 6.42 Å². The summed E-state index contributed by atoms with van der Waals surface area (Å²) in [7, 11) is 1.46. The van der Waals surface area contributed by atoms with Crippen molar-refractivity contribution in [1.82, 2.24) is 0 Å². The summed E-state index contributed by atoms with van der Waals surface area (Å²) in [4.78, 5) is 11.3. The number of rotatable bonds is 4. The van der Waals surface area contributed by atoms with Gasteiger partial charge in [-0.15, -0.1) is 0 Å². The Kier molecular flexibility index (Phi) is 3.29. The number of carbonyl (C=O) groups excluding carboxylic acids is 1. The Morgan fingerprint density at radius 3 is 2.73 bits per heavy atom. The van der Waals surface area contributed by atoms with Crippen LogP contribution in [0, 0.1) is 23.7 Å². The van der Waals surface area contributed by atoms with Gasteiger partial charge in [0.15, 0.2) is 0 Å². The molecule has 3 heteroatoms. The fourth-order valence-electron chi connectivity index (χ4n) is 3.58. The van der Waals surface area contributed by atoms with Gasteiger partial charge < -0.3 is 10.5 Å². The lowest BCUT2D eigenvalue weighted by atomic mass is 9.78. The lowest BCUT2D eigenvalue weighted by Crippen LogP contribution is -2.29. The molecular formula is C12H21NO2. The van der Waals surface area contributed by atoms with Gasteiger partial charge in [0.2, 0.25) is 0 Å². The Bertz CT molecular complexity index is 242. The molecule has 0 aromatic rings. The van der Waals surface area contributed by atoms with E-state index in [1.807, 2.05) is 0 Å². The van der Waals surface area contributed by atoms with E-state index in [0.29, 0.717) is 24.8 Å². The topological polar surface area (TPSA) is 52.3 Å². The third-order valence-corrected chi connectivity index (χ3v) is 4.36. The van der Waals surface area contributed by atoms with Crippen molar-refractivity contribution in [3.05, 3.63) is 0 Å². The highest BCUT2D eigenvalue weighted by molar-refractivity contribution is 5.69. The van der Waals surface area contributed by atoms with Gasteiger partial charge in [-0.05, 0) is 49.5 Å². The molecule has 2 rings (SSSR count). The Morgan fingerprint density at radius 1 is 1.47 bits per heavy atom. The van der Waals surface area contributed by atoms with Crippen molar-refractivity contribution in [3.63, 3.8) is 0 Å². The molecule has 86 valence electrons. The second-order valence-electron chi connectivity index (χ2n) is 5.11. The maximum atomic E-state index is 11.3. The van der Waals surface area contributed by atoms with Gasteiger partial charge in [0.05, 0.1) is 7.11 Å². The zero-order chi connectivity index (χ0) is 10.8. The molecule has 2 saturated carbocycles. The molecule has 0 radical (unpaired) electrons. The predicted octanol–water partition coefficient (Wildman–Crippen LogP) is 1.56. The normalized spacial score (nSPS) is 35.5. The van der Waals surface area contributed by atoms with Crippen molar-refractivity contribution in [2.24, 2.45) is 29.4 Å². The monoisotopic (exact) mass is 211 g/mol. The van der Waals surface area contributed by atoms with E-state index in [1.165, 1.54) is 32.8 Å². The molecule has 4 unspecified atom stereocenters. The lowest BCUT2D eigenvalue weighted by molar-refractivity contribution is -0.142. The van der Waals surface area contributed by atoms with Crippen LogP contribution in [0.3, 0.4) is 0 Å². The van der Waals surface area contributed by atoms with Crippen LogP contribution in [0.2, 0.25) is 0 Å². The summed E-state index contributed by atoms with van der Waals surface area (Å²) >= 11 is 0. The summed E-state index contributed by atoms with van der Waals surface area (Å²) in [5.74, 6) is 2.70. The molecule has 2 fully saturated rings. The van der Waals surface area contributed by atoms with Crippen LogP contribution in [-0.2, 0) is 9.53 Å². The van der Waals surface area contributed by atoms with Crippen LogP contribution >= 0.6 is 0 Å². The van der Waals surface area contributed by atoms with Crippen molar-refractivity contribution >= 4 is 5.97 Å². The molecule has 0 aliphatic heterocycles. The Hall–Kier alpha value is -0.570. The molecule has 0 saturated heterocycles. The van der Waals surface area contributed by atoms with Crippen LogP contribution in [0.1, 0.15) is 32.1 Å². The van der Waals surface area contributed by atoms with Crippen molar-refractivity contribution < 1.29 is 9.53 Å². The van der Waals surface area contributed by atoms with Gasteiger partial charge in [-0.3, -0.25) is 4.79 Å². The van der Waals surface area contributed by atoms with Gasteiger partial charge in [-0.25, -0.2) is 0 Å². The van der Waals surface area contributed by atoms with Gasteiger partial charge in [0.25, 0.3) is 0 Å². The average Bonchev–Trinajstić information content (AvgIpc) is 2.86. The summed E-state index contributed by atoms with van der Waals surface area (Å²) in [6, 6.07) is 0. The smallest absolute Gasteiger partial charge is 0.305 e. The number of hydrogen-bond acceptors (Lipinski definition) is 3. The number of nitrogens with two attached hydrogens (primary N) is 1. The maximum Gasteiger partial charge on any atom is 0.305 e. The van der Waals surface area contributed by atoms with E-state index in [4.69, 9.17) is 10.5 Å². The fourth-order valence-corrected chi connectivity index (χ4v) is 3.58. The molecule has 4 atom stereocenters. The molecule has 0 heterocycles. The van der Waals surface area contributed by atoms with Crippen molar-refractivity contribution in [1.29, 1.82) is 0 Å². The molecule has 0 amide bonds. The number of methoxy groups -OCH3 is 1. The van der Waals surface area contributed by atoms with E-state index in [-0.39, 0.29) is 5.97 Å². The molecule has 2 bridgehead atoms. The number of carbonyl (C=O) groups is 1. The second-order valence-corrected chi connectivity index (χ2v) is 5.11. The van der Waals surface area contributed by atoms with Crippen LogP contribution in [0.15, 0.2) is 0 Å². The summed E-state index contributed by atoms with van der Waals surface area (Å²) in [5, 5.41) is 0. The average molecular weight is 211 g/mol. The zero-order valence-electron chi connectivity index (χ0n) is 9.45. The van der Waals surface area contributed by atoms with E-state index in [0.717, 1.165) is 11.8 Å². The van der Waals surface area contributed by atoms with E-state index < -0.39 is 0 Å². The van der Waals surface area contributed by atoms with Crippen LogP contribution in [0.4, 0.5) is 0 Å². The molecule has 2 aliphatic rings. The van der Waals surface area contributed by atoms with Crippen molar-refractivity contribution in [2.75, 3.05) is 13.7 Å². The van der Waals surface area contributed by atoms with Crippen molar-refractivity contribution in [2.45, 2.75) is 32.1 Å². The number of ether oxygens (including phenoxy) is 1. The SMILES string of the molecule is COC(=O)CC(CN)C1CC2CCC1C2. The summed E-state index contributed by atoms with van der Waals surface area (Å²) < 4.78 is 4.73. The third kappa shape index (κ3) is 2.17. The minimum atomic E-state index is -0.103. The highest BCUT2D eigenvalue weighted by Crippen LogP contribution is 2.51. The van der Waals surface area contributed by atoms with Crippen LogP contribution in [0.25, 0.3) is 0 Å². The van der Waals surface area contributed by atoms with Crippen LogP contribution in [0.5, 0.6) is 0 Å². The van der Waals surface area contributed by atoms with Gasteiger partial charge >= 0.3 is 5.97 Å². The first-order valence-electron chi connectivity index (χ1n) is 6.01. The van der Waals surface area contributed by atoms with Crippen LogP contribution < -0.4 is 5.73 Å². The molecule has 15 heavy (non-hydrogen) atoms. The number of fused-ring (bicyclic) bond motifs is 2. The predicted molar refractivity (Wildman–Crippen MR) is 58.1 cm³/mol.